The van der Waals surface area contributed by atoms with Gasteiger partial charge in [-0.3, -0.25) is 4.90 Å². The molecule has 0 aliphatic carbocycles. The average Bonchev–Trinajstić information content (AvgIpc) is 2.27. The van der Waals surface area contributed by atoms with E-state index in [1.54, 1.807) is 0 Å². The Morgan fingerprint density at radius 1 is 1.50 bits per heavy atom. The van der Waals surface area contributed by atoms with E-state index in [0.29, 0.717) is 30.8 Å². The average molecular weight is 248 g/mol. The SMILES string of the molecule is CCCC1(O)CN(Cc2cc(F)ccc2C#N)C1. The quantitative estimate of drug-likeness (QED) is 0.887. The molecule has 1 fully saturated rings. The van der Waals surface area contributed by atoms with Gasteiger partial charge in [-0.1, -0.05) is 13.3 Å². The lowest BCUT2D eigenvalue weighted by Gasteiger charge is -2.46. The Balaban J connectivity index is 2.00. The van der Waals surface area contributed by atoms with Gasteiger partial charge < -0.3 is 5.11 Å². The lowest BCUT2D eigenvalue weighted by molar-refractivity contribution is -0.106. The zero-order valence-electron chi connectivity index (χ0n) is 10.5. The summed E-state index contributed by atoms with van der Waals surface area (Å²) in [5, 5.41) is 19.0. The van der Waals surface area contributed by atoms with E-state index in [9.17, 15) is 9.50 Å². The third-order valence-corrected chi connectivity index (χ3v) is 3.33. The molecular formula is C14H17FN2O. The molecule has 1 aromatic rings. The summed E-state index contributed by atoms with van der Waals surface area (Å²) in [5.74, 6) is -0.326. The van der Waals surface area contributed by atoms with Crippen molar-refractivity contribution in [3.8, 4) is 6.07 Å². The molecule has 0 radical (unpaired) electrons. The number of halogens is 1. The number of hydrogen-bond acceptors (Lipinski definition) is 3. The predicted molar refractivity (Wildman–Crippen MR) is 66.2 cm³/mol. The fourth-order valence-electron chi connectivity index (χ4n) is 2.56. The van der Waals surface area contributed by atoms with Crippen molar-refractivity contribution in [3.05, 3.63) is 35.1 Å². The van der Waals surface area contributed by atoms with Crippen LogP contribution in [-0.2, 0) is 6.54 Å². The van der Waals surface area contributed by atoms with Gasteiger partial charge in [0.1, 0.15) is 5.82 Å². The summed E-state index contributed by atoms with van der Waals surface area (Å²) in [7, 11) is 0. The molecule has 0 amide bonds. The van der Waals surface area contributed by atoms with Gasteiger partial charge in [0.05, 0.1) is 17.2 Å². The molecular weight excluding hydrogens is 231 g/mol. The van der Waals surface area contributed by atoms with E-state index in [0.717, 1.165) is 12.8 Å². The number of hydrogen-bond donors (Lipinski definition) is 1. The molecule has 96 valence electrons. The number of aliphatic hydroxyl groups is 1. The second-order valence-corrected chi connectivity index (χ2v) is 5.03. The summed E-state index contributed by atoms with van der Waals surface area (Å²) in [6.07, 6.45) is 1.74. The molecule has 1 saturated heterocycles. The van der Waals surface area contributed by atoms with E-state index in [-0.39, 0.29) is 5.82 Å². The third kappa shape index (κ3) is 2.69. The van der Waals surface area contributed by atoms with Crippen molar-refractivity contribution in [2.75, 3.05) is 13.1 Å². The largest absolute Gasteiger partial charge is 0.387 e. The minimum absolute atomic E-state index is 0.326. The Bertz CT molecular complexity index is 475. The molecule has 0 spiro atoms. The number of likely N-dealkylation sites (tertiary alicyclic amines) is 1. The first-order chi connectivity index (χ1) is 8.56. The van der Waals surface area contributed by atoms with Gasteiger partial charge >= 0.3 is 0 Å². The van der Waals surface area contributed by atoms with Crippen molar-refractivity contribution in [1.29, 1.82) is 5.26 Å². The van der Waals surface area contributed by atoms with Gasteiger partial charge in [0.2, 0.25) is 0 Å². The molecule has 3 nitrogen and oxygen atoms in total. The lowest BCUT2D eigenvalue weighted by Crippen LogP contribution is -2.61. The smallest absolute Gasteiger partial charge is 0.123 e. The highest BCUT2D eigenvalue weighted by atomic mass is 19.1. The van der Waals surface area contributed by atoms with Crippen molar-refractivity contribution in [1.82, 2.24) is 4.90 Å². The summed E-state index contributed by atoms with van der Waals surface area (Å²) >= 11 is 0. The summed E-state index contributed by atoms with van der Waals surface area (Å²) in [4.78, 5) is 2.03. The maximum absolute atomic E-state index is 13.2. The highest BCUT2D eigenvalue weighted by Gasteiger charge is 2.39. The molecule has 0 unspecified atom stereocenters. The van der Waals surface area contributed by atoms with Gasteiger partial charge in [0, 0.05) is 19.6 Å². The molecule has 0 bridgehead atoms. The number of nitriles is 1. The van der Waals surface area contributed by atoms with E-state index >= 15 is 0 Å². The van der Waals surface area contributed by atoms with Crippen LogP contribution in [0.2, 0.25) is 0 Å². The van der Waals surface area contributed by atoms with E-state index < -0.39 is 5.60 Å². The second kappa shape index (κ2) is 5.05. The van der Waals surface area contributed by atoms with Crippen LogP contribution in [0.4, 0.5) is 4.39 Å². The first kappa shape index (κ1) is 13.0. The number of nitrogens with zero attached hydrogens (tertiary/aromatic N) is 2. The molecule has 1 aliphatic heterocycles. The highest BCUT2D eigenvalue weighted by Crippen LogP contribution is 2.27. The molecule has 1 heterocycles. The van der Waals surface area contributed by atoms with Crippen LogP contribution in [0.5, 0.6) is 0 Å². The molecule has 2 rings (SSSR count). The molecule has 1 aromatic carbocycles. The molecule has 0 aromatic heterocycles. The Morgan fingerprint density at radius 3 is 2.83 bits per heavy atom. The van der Waals surface area contributed by atoms with Crippen molar-refractivity contribution < 1.29 is 9.50 Å². The molecule has 0 saturated carbocycles. The monoisotopic (exact) mass is 248 g/mol. The van der Waals surface area contributed by atoms with E-state index in [2.05, 4.69) is 6.07 Å². The fraction of sp³-hybridized carbons (Fsp3) is 0.500. The summed E-state index contributed by atoms with van der Waals surface area (Å²) in [6.45, 7) is 3.76. The topological polar surface area (TPSA) is 47.3 Å². The number of β-amino-alcohol motifs (C(OH)–C–C–N with tert-alkyl or cyclic N) is 1. The van der Waals surface area contributed by atoms with Crippen molar-refractivity contribution in [2.24, 2.45) is 0 Å². The van der Waals surface area contributed by atoms with Crippen LogP contribution in [0, 0.1) is 17.1 Å². The third-order valence-electron chi connectivity index (χ3n) is 3.33. The Hall–Kier alpha value is -1.44. The first-order valence-corrected chi connectivity index (χ1v) is 6.19. The minimum atomic E-state index is -0.588. The second-order valence-electron chi connectivity index (χ2n) is 5.03. The van der Waals surface area contributed by atoms with Crippen LogP contribution >= 0.6 is 0 Å². The van der Waals surface area contributed by atoms with Crippen LogP contribution < -0.4 is 0 Å². The summed E-state index contributed by atoms with van der Waals surface area (Å²) in [5.41, 5.74) is 0.605. The van der Waals surface area contributed by atoms with Crippen LogP contribution in [0.1, 0.15) is 30.9 Å². The Morgan fingerprint density at radius 2 is 2.22 bits per heavy atom. The van der Waals surface area contributed by atoms with Crippen LogP contribution in [0.3, 0.4) is 0 Å². The molecule has 0 atom stereocenters. The maximum Gasteiger partial charge on any atom is 0.123 e. The molecule has 1 aliphatic rings. The molecule has 18 heavy (non-hydrogen) atoms. The maximum atomic E-state index is 13.2. The van der Waals surface area contributed by atoms with Crippen LogP contribution in [0.25, 0.3) is 0 Å². The first-order valence-electron chi connectivity index (χ1n) is 6.19. The van der Waals surface area contributed by atoms with Gasteiger partial charge in [-0.25, -0.2) is 4.39 Å². The fourth-order valence-corrected chi connectivity index (χ4v) is 2.56. The van der Waals surface area contributed by atoms with Crippen molar-refractivity contribution in [2.45, 2.75) is 31.9 Å². The van der Waals surface area contributed by atoms with Gasteiger partial charge in [-0.2, -0.15) is 5.26 Å². The van der Waals surface area contributed by atoms with Gasteiger partial charge in [0.25, 0.3) is 0 Å². The van der Waals surface area contributed by atoms with Crippen LogP contribution in [-0.4, -0.2) is 28.7 Å². The van der Waals surface area contributed by atoms with Gasteiger partial charge in [-0.15, -0.1) is 0 Å². The molecule has 4 heteroatoms. The predicted octanol–water partition coefficient (Wildman–Crippen LogP) is 2.04. The number of benzene rings is 1. The van der Waals surface area contributed by atoms with Crippen molar-refractivity contribution >= 4 is 0 Å². The van der Waals surface area contributed by atoms with E-state index in [1.165, 1.54) is 18.2 Å². The highest BCUT2D eigenvalue weighted by molar-refractivity contribution is 5.38. The standard InChI is InChI=1S/C14H17FN2O/c1-2-5-14(18)9-17(10-14)8-12-6-13(15)4-3-11(12)7-16/h3-4,6,18H,2,5,8-10H2,1H3. The Kier molecular flexibility index (Phi) is 3.65. The van der Waals surface area contributed by atoms with Gasteiger partial charge in [0.15, 0.2) is 0 Å². The molecule has 1 N–H and O–H groups in total. The zero-order chi connectivity index (χ0) is 13.2. The van der Waals surface area contributed by atoms with E-state index in [4.69, 9.17) is 5.26 Å². The lowest BCUT2D eigenvalue weighted by atomic mass is 9.88. The van der Waals surface area contributed by atoms with E-state index in [1.807, 2.05) is 11.8 Å². The minimum Gasteiger partial charge on any atom is -0.387 e. The van der Waals surface area contributed by atoms with Gasteiger partial charge in [-0.05, 0) is 30.2 Å². The Labute approximate surface area is 106 Å². The zero-order valence-corrected chi connectivity index (χ0v) is 10.5. The summed E-state index contributed by atoms with van der Waals surface area (Å²) in [6, 6.07) is 6.26. The normalized spacial score (nSPS) is 18.1. The van der Waals surface area contributed by atoms with Crippen molar-refractivity contribution in [3.63, 3.8) is 0 Å². The number of rotatable bonds is 4. The summed E-state index contributed by atoms with van der Waals surface area (Å²) < 4.78 is 13.2. The van der Waals surface area contributed by atoms with Crippen LogP contribution in [0.15, 0.2) is 18.2 Å².